The molecule has 6 heteroatoms. The van der Waals surface area contributed by atoms with Crippen molar-refractivity contribution in [1.82, 2.24) is 0 Å². The Kier molecular flexibility index (Phi) is 6.77. The molecular weight excluding hydrogens is 354 g/mol. The third kappa shape index (κ3) is 4.96. The van der Waals surface area contributed by atoms with Crippen LogP contribution in [-0.2, 0) is 16.0 Å². The van der Waals surface area contributed by atoms with Gasteiger partial charge in [0.25, 0.3) is 0 Å². The monoisotopic (exact) mass is 378 g/mol. The number of rotatable bonds is 7. The topological polar surface area (TPSA) is 55.8 Å². The molecule has 2 rings (SSSR count). The molecule has 2 aromatic rings. The van der Waals surface area contributed by atoms with Crippen LogP contribution in [-0.4, -0.2) is 24.3 Å². The van der Waals surface area contributed by atoms with Crippen LogP contribution in [0.5, 0.6) is 11.5 Å². The number of aromatic hydroxyl groups is 1. The quantitative estimate of drug-likeness (QED) is 0.714. The molecule has 0 saturated heterocycles. The van der Waals surface area contributed by atoms with Crippen LogP contribution in [0.15, 0.2) is 24.3 Å². The van der Waals surface area contributed by atoms with Crippen LogP contribution in [0.25, 0.3) is 0 Å². The van der Waals surface area contributed by atoms with E-state index in [0.717, 1.165) is 17.2 Å². The van der Waals surface area contributed by atoms with Crippen molar-refractivity contribution < 1.29 is 28.2 Å². The van der Waals surface area contributed by atoms with Crippen molar-refractivity contribution in [2.24, 2.45) is 0 Å². The zero-order valence-corrected chi connectivity index (χ0v) is 15.9. The second-order valence-electron chi connectivity index (χ2n) is 6.59. The summed E-state index contributed by atoms with van der Waals surface area (Å²) in [7, 11) is 0. The number of hydrogen-bond donors (Lipinski definition) is 1. The van der Waals surface area contributed by atoms with Crippen LogP contribution in [0.3, 0.4) is 0 Å². The average Bonchev–Trinajstić information content (AvgIpc) is 2.62. The first-order valence-electron chi connectivity index (χ1n) is 8.82. The van der Waals surface area contributed by atoms with Crippen molar-refractivity contribution in [2.45, 2.75) is 40.0 Å². The molecule has 146 valence electrons. The van der Waals surface area contributed by atoms with E-state index in [4.69, 9.17) is 9.47 Å². The first-order chi connectivity index (χ1) is 12.7. The standard InChI is InChI=1S/C21H24F2O4/c1-5-26-20(25)11-27-19-10-17(22)16(13(4)21(19)23)9-14-6-7-18(24)15(8-14)12(2)3/h6-8,10,12,24H,5,9,11H2,1-4H3. The Balaban J connectivity index is 2.27. The van der Waals surface area contributed by atoms with E-state index in [0.29, 0.717) is 0 Å². The molecule has 0 bridgehead atoms. The third-order valence-corrected chi connectivity index (χ3v) is 4.29. The molecule has 0 saturated carbocycles. The van der Waals surface area contributed by atoms with Gasteiger partial charge in [0, 0.05) is 12.5 Å². The number of hydrogen-bond acceptors (Lipinski definition) is 4. The van der Waals surface area contributed by atoms with E-state index in [1.807, 2.05) is 13.8 Å². The van der Waals surface area contributed by atoms with Gasteiger partial charge in [-0.3, -0.25) is 0 Å². The number of halogens is 2. The van der Waals surface area contributed by atoms with Gasteiger partial charge in [0.15, 0.2) is 18.2 Å². The summed E-state index contributed by atoms with van der Waals surface area (Å²) in [6.07, 6.45) is 0.173. The van der Waals surface area contributed by atoms with E-state index < -0.39 is 24.2 Å². The Morgan fingerprint density at radius 1 is 1.22 bits per heavy atom. The van der Waals surface area contributed by atoms with Crippen LogP contribution in [0.1, 0.15) is 48.9 Å². The maximum atomic E-state index is 14.6. The first-order valence-corrected chi connectivity index (χ1v) is 8.82. The Labute approximate surface area is 157 Å². The maximum absolute atomic E-state index is 14.6. The molecule has 0 fully saturated rings. The van der Waals surface area contributed by atoms with Crippen molar-refractivity contribution in [2.75, 3.05) is 13.2 Å². The number of phenolic OH excluding ortho intramolecular Hbond substituents is 1. The van der Waals surface area contributed by atoms with Gasteiger partial charge in [0.05, 0.1) is 6.61 Å². The molecule has 0 heterocycles. The van der Waals surface area contributed by atoms with Crippen LogP contribution in [0.2, 0.25) is 0 Å². The molecule has 1 N–H and O–H groups in total. The Hall–Kier alpha value is -2.63. The second kappa shape index (κ2) is 8.84. The summed E-state index contributed by atoms with van der Waals surface area (Å²) in [5.41, 5.74) is 1.84. The molecule has 0 aliphatic heterocycles. The Morgan fingerprint density at radius 2 is 1.93 bits per heavy atom. The lowest BCUT2D eigenvalue weighted by Crippen LogP contribution is -2.15. The number of esters is 1. The second-order valence-corrected chi connectivity index (χ2v) is 6.59. The van der Waals surface area contributed by atoms with Crippen LogP contribution in [0, 0.1) is 18.6 Å². The van der Waals surface area contributed by atoms with Crippen molar-refractivity contribution in [1.29, 1.82) is 0 Å². The van der Waals surface area contributed by atoms with Crippen LogP contribution < -0.4 is 4.74 Å². The number of carbonyl (C=O) groups excluding carboxylic acids is 1. The van der Waals surface area contributed by atoms with E-state index in [2.05, 4.69) is 0 Å². The van der Waals surface area contributed by atoms with Gasteiger partial charge in [-0.1, -0.05) is 26.0 Å². The summed E-state index contributed by atoms with van der Waals surface area (Å²) >= 11 is 0. The summed E-state index contributed by atoms with van der Waals surface area (Å²) in [5.74, 6) is -2.02. The molecule has 0 unspecified atom stereocenters. The van der Waals surface area contributed by atoms with Gasteiger partial charge < -0.3 is 14.6 Å². The van der Waals surface area contributed by atoms with Crippen molar-refractivity contribution in [3.05, 3.63) is 58.2 Å². The van der Waals surface area contributed by atoms with Gasteiger partial charge in [-0.2, -0.15) is 0 Å². The largest absolute Gasteiger partial charge is 0.508 e. The SMILES string of the molecule is CCOC(=O)COc1cc(F)c(Cc2ccc(O)c(C(C)C)c2)c(C)c1F. The normalized spacial score (nSPS) is 10.9. The first kappa shape index (κ1) is 20.7. The fourth-order valence-corrected chi connectivity index (χ4v) is 2.80. The van der Waals surface area contributed by atoms with Gasteiger partial charge in [-0.25, -0.2) is 13.6 Å². The fraction of sp³-hybridized carbons (Fsp3) is 0.381. The highest BCUT2D eigenvalue weighted by Gasteiger charge is 2.18. The lowest BCUT2D eigenvalue weighted by atomic mass is 9.94. The molecule has 0 aliphatic rings. The lowest BCUT2D eigenvalue weighted by molar-refractivity contribution is -0.145. The molecule has 2 aromatic carbocycles. The number of carbonyl (C=O) groups is 1. The van der Waals surface area contributed by atoms with Crippen molar-refractivity contribution >= 4 is 5.97 Å². The van der Waals surface area contributed by atoms with E-state index in [1.165, 1.54) is 6.92 Å². The number of benzene rings is 2. The molecule has 4 nitrogen and oxygen atoms in total. The van der Waals surface area contributed by atoms with Crippen molar-refractivity contribution in [3.8, 4) is 11.5 Å². The van der Waals surface area contributed by atoms with Crippen molar-refractivity contribution in [3.63, 3.8) is 0 Å². The van der Waals surface area contributed by atoms with E-state index in [9.17, 15) is 18.7 Å². The highest BCUT2D eigenvalue weighted by atomic mass is 19.1. The predicted octanol–water partition coefficient (Wildman–Crippen LogP) is 4.63. The number of ether oxygens (including phenoxy) is 2. The molecule has 0 atom stereocenters. The highest BCUT2D eigenvalue weighted by Crippen LogP contribution is 2.31. The molecular formula is C21H24F2O4. The predicted molar refractivity (Wildman–Crippen MR) is 98.2 cm³/mol. The Bertz CT molecular complexity index is 831. The smallest absolute Gasteiger partial charge is 0.344 e. The summed E-state index contributed by atoms with van der Waals surface area (Å²) < 4.78 is 38.9. The molecule has 0 aliphatic carbocycles. The molecule has 0 spiro atoms. The van der Waals surface area contributed by atoms with E-state index in [1.54, 1.807) is 25.1 Å². The van der Waals surface area contributed by atoms with Gasteiger partial charge in [-0.05, 0) is 48.1 Å². The van der Waals surface area contributed by atoms with Crippen LogP contribution in [0.4, 0.5) is 8.78 Å². The molecule has 0 amide bonds. The van der Waals surface area contributed by atoms with Crippen LogP contribution >= 0.6 is 0 Å². The van der Waals surface area contributed by atoms with Gasteiger partial charge in [0.1, 0.15) is 11.6 Å². The van der Waals surface area contributed by atoms with Gasteiger partial charge in [0.2, 0.25) is 0 Å². The zero-order valence-electron chi connectivity index (χ0n) is 15.9. The minimum Gasteiger partial charge on any atom is -0.508 e. The Morgan fingerprint density at radius 3 is 2.56 bits per heavy atom. The van der Waals surface area contributed by atoms with Gasteiger partial charge >= 0.3 is 5.97 Å². The minimum atomic E-state index is -0.710. The highest BCUT2D eigenvalue weighted by molar-refractivity contribution is 5.71. The molecule has 27 heavy (non-hydrogen) atoms. The summed E-state index contributed by atoms with van der Waals surface area (Å²) in [6, 6.07) is 5.98. The molecule has 0 aromatic heterocycles. The zero-order chi connectivity index (χ0) is 20.1. The van der Waals surface area contributed by atoms with E-state index in [-0.39, 0.29) is 41.6 Å². The summed E-state index contributed by atoms with van der Waals surface area (Å²) in [6.45, 7) is 6.70. The third-order valence-electron chi connectivity index (χ3n) is 4.29. The van der Waals surface area contributed by atoms with E-state index >= 15 is 0 Å². The lowest BCUT2D eigenvalue weighted by Gasteiger charge is -2.15. The fourth-order valence-electron chi connectivity index (χ4n) is 2.80. The number of phenols is 1. The summed E-state index contributed by atoms with van der Waals surface area (Å²) in [4.78, 5) is 11.3. The molecule has 0 radical (unpaired) electrons. The van der Waals surface area contributed by atoms with Gasteiger partial charge in [-0.15, -0.1) is 0 Å². The average molecular weight is 378 g/mol. The maximum Gasteiger partial charge on any atom is 0.344 e. The minimum absolute atomic E-state index is 0.103. The summed E-state index contributed by atoms with van der Waals surface area (Å²) in [5, 5.41) is 9.91.